The summed E-state index contributed by atoms with van der Waals surface area (Å²) in [6, 6.07) is 25.8. The van der Waals surface area contributed by atoms with Crippen LogP contribution >= 0.6 is 0 Å². The van der Waals surface area contributed by atoms with E-state index in [0.29, 0.717) is 13.0 Å². The van der Waals surface area contributed by atoms with Gasteiger partial charge in [0, 0.05) is 20.5 Å². The molecule has 0 aromatic heterocycles. The van der Waals surface area contributed by atoms with Gasteiger partial charge in [-0.2, -0.15) is 0 Å². The summed E-state index contributed by atoms with van der Waals surface area (Å²) in [7, 11) is 3.32. The van der Waals surface area contributed by atoms with Crippen LogP contribution in [0.25, 0.3) is 0 Å². The second-order valence-corrected chi connectivity index (χ2v) is 15.5. The number of benzene rings is 3. The van der Waals surface area contributed by atoms with Crippen molar-refractivity contribution in [3.8, 4) is 11.5 Å². The molecule has 314 valence electrons. The predicted molar refractivity (Wildman–Crippen MR) is 222 cm³/mol. The van der Waals surface area contributed by atoms with Gasteiger partial charge < -0.3 is 38.8 Å². The Bertz CT molecular complexity index is 1530. The van der Waals surface area contributed by atoms with E-state index in [0.717, 1.165) is 66.7 Å². The third kappa shape index (κ3) is 13.8. The average Bonchev–Trinajstić information content (AvgIpc) is 3.22. The number of aliphatic hydroxyl groups excluding tert-OH is 1. The van der Waals surface area contributed by atoms with Gasteiger partial charge in [0.15, 0.2) is 6.29 Å². The van der Waals surface area contributed by atoms with Crippen molar-refractivity contribution in [3.63, 3.8) is 0 Å². The lowest BCUT2D eigenvalue weighted by Gasteiger charge is -2.44. The van der Waals surface area contributed by atoms with Gasteiger partial charge in [0.1, 0.15) is 23.7 Å². The summed E-state index contributed by atoms with van der Waals surface area (Å²) >= 11 is 0. The fourth-order valence-electron chi connectivity index (χ4n) is 7.74. The molecule has 3 aromatic rings. The Hall–Kier alpha value is -3.96. The van der Waals surface area contributed by atoms with Gasteiger partial charge in [0.2, 0.25) is 5.91 Å². The highest BCUT2D eigenvalue weighted by Gasteiger charge is 2.43. The van der Waals surface area contributed by atoms with Gasteiger partial charge in [-0.3, -0.25) is 9.59 Å². The maximum absolute atomic E-state index is 11.9. The fraction of sp³-hybridized carbons (Fsp3) is 0.574. The van der Waals surface area contributed by atoms with Crippen LogP contribution in [0.4, 0.5) is 0 Å². The van der Waals surface area contributed by atoms with Crippen LogP contribution in [-0.4, -0.2) is 75.6 Å². The zero-order valence-electron chi connectivity index (χ0n) is 35.1. The molecule has 6 unspecified atom stereocenters. The fourth-order valence-corrected chi connectivity index (χ4v) is 7.74. The van der Waals surface area contributed by atoms with Crippen LogP contribution in [0.1, 0.15) is 115 Å². The second kappa shape index (κ2) is 24.1. The molecule has 1 amide bonds. The maximum atomic E-state index is 11.9. The van der Waals surface area contributed by atoms with Crippen LogP contribution < -0.4 is 14.8 Å². The largest absolute Gasteiger partial charge is 0.497 e. The molecule has 3 aromatic carbocycles. The monoisotopic (exact) mass is 789 g/mol. The molecule has 1 fully saturated rings. The van der Waals surface area contributed by atoms with Crippen LogP contribution in [0.2, 0.25) is 0 Å². The van der Waals surface area contributed by atoms with Crippen LogP contribution in [0.15, 0.2) is 78.9 Å². The number of amides is 1. The van der Waals surface area contributed by atoms with E-state index in [4.69, 9.17) is 28.4 Å². The van der Waals surface area contributed by atoms with E-state index in [2.05, 4.69) is 31.3 Å². The molecule has 1 aliphatic rings. The van der Waals surface area contributed by atoms with E-state index in [1.807, 2.05) is 66.7 Å². The number of carbonyl (C=O) groups is 2. The van der Waals surface area contributed by atoms with Crippen LogP contribution in [0.3, 0.4) is 0 Å². The van der Waals surface area contributed by atoms with E-state index in [9.17, 15) is 14.7 Å². The van der Waals surface area contributed by atoms with Crippen molar-refractivity contribution < 1.29 is 43.1 Å². The van der Waals surface area contributed by atoms with Crippen LogP contribution in [0, 0.1) is 11.8 Å². The molecule has 10 heteroatoms. The van der Waals surface area contributed by atoms with E-state index in [-0.39, 0.29) is 49.1 Å². The number of methoxy groups -OCH3 is 2. The van der Waals surface area contributed by atoms with E-state index < -0.39 is 18.0 Å². The number of esters is 1. The Morgan fingerprint density at radius 3 is 1.74 bits per heavy atom. The first-order chi connectivity index (χ1) is 27.6. The van der Waals surface area contributed by atoms with Gasteiger partial charge >= 0.3 is 5.97 Å². The molecular weight excluding hydrogens is 723 g/mol. The van der Waals surface area contributed by atoms with Crippen LogP contribution in [-0.2, 0) is 34.1 Å². The van der Waals surface area contributed by atoms with Crippen molar-refractivity contribution in [1.29, 1.82) is 0 Å². The topological polar surface area (TPSA) is 122 Å². The summed E-state index contributed by atoms with van der Waals surface area (Å²) in [5.74, 6) is 1.28. The van der Waals surface area contributed by atoms with Crippen molar-refractivity contribution in [1.82, 2.24) is 5.32 Å². The van der Waals surface area contributed by atoms with Crippen LogP contribution in [0.5, 0.6) is 11.5 Å². The van der Waals surface area contributed by atoms with Gasteiger partial charge in [0.25, 0.3) is 0 Å². The third-order valence-electron chi connectivity index (χ3n) is 11.3. The van der Waals surface area contributed by atoms with E-state index in [1.54, 1.807) is 14.2 Å². The van der Waals surface area contributed by atoms with Gasteiger partial charge in [-0.05, 0) is 65.6 Å². The maximum Gasteiger partial charge on any atom is 0.302 e. The van der Waals surface area contributed by atoms with Crippen molar-refractivity contribution in [3.05, 3.63) is 95.6 Å². The minimum Gasteiger partial charge on any atom is -0.497 e. The Labute approximate surface area is 340 Å². The molecule has 1 saturated heterocycles. The van der Waals surface area contributed by atoms with Crippen molar-refractivity contribution in [2.24, 2.45) is 11.8 Å². The van der Waals surface area contributed by atoms with Gasteiger partial charge in [0.05, 0.1) is 39.1 Å². The average molecular weight is 790 g/mol. The standard InChI is InChI=1S/C47H67NO9/c1-34-35(2)45(48-36(3)49)46(57-44(34)33-55-37(4)50)54-31-19-14-12-10-8-7-9-11-13-18-22-41(51)32-56-47(38-20-16-15-17-21-38,39-23-27-42(52-5)28-24-39)40-25-29-43(53-6)30-26-40/h15-17,20-21,23-30,34-35,41,44-46,51H,7-14,18-19,22,31-33H2,1-6H3,(H,48,49). The molecule has 2 N–H and O–H groups in total. The third-order valence-corrected chi connectivity index (χ3v) is 11.3. The lowest BCUT2D eigenvalue weighted by atomic mass is 9.80. The molecule has 6 atom stereocenters. The first kappa shape index (κ1) is 45.7. The summed E-state index contributed by atoms with van der Waals surface area (Å²) in [6.07, 6.45) is 10.4. The van der Waals surface area contributed by atoms with E-state index >= 15 is 0 Å². The van der Waals surface area contributed by atoms with Gasteiger partial charge in [-0.25, -0.2) is 0 Å². The zero-order chi connectivity index (χ0) is 41.0. The Kier molecular flexibility index (Phi) is 19.3. The molecule has 57 heavy (non-hydrogen) atoms. The zero-order valence-corrected chi connectivity index (χ0v) is 35.1. The smallest absolute Gasteiger partial charge is 0.302 e. The molecule has 0 saturated carbocycles. The summed E-state index contributed by atoms with van der Waals surface area (Å²) in [5.41, 5.74) is 1.93. The number of carbonyl (C=O) groups excluding carboxylic acids is 2. The first-order valence-corrected chi connectivity index (χ1v) is 20.9. The molecule has 0 radical (unpaired) electrons. The lowest BCUT2D eigenvalue weighted by molar-refractivity contribution is -0.244. The number of hydrogen-bond acceptors (Lipinski definition) is 9. The van der Waals surface area contributed by atoms with Crippen molar-refractivity contribution >= 4 is 11.9 Å². The summed E-state index contributed by atoms with van der Waals surface area (Å²) in [4.78, 5) is 23.3. The first-order valence-electron chi connectivity index (χ1n) is 20.9. The van der Waals surface area contributed by atoms with Crippen molar-refractivity contribution in [2.45, 2.75) is 128 Å². The highest BCUT2D eigenvalue weighted by atomic mass is 16.7. The minimum absolute atomic E-state index is 0.0936. The number of unbranched alkanes of at least 4 members (excludes halogenated alkanes) is 9. The summed E-state index contributed by atoms with van der Waals surface area (Å²) in [6.45, 7) is 7.95. The molecule has 10 nitrogen and oxygen atoms in total. The molecular formula is C47H67NO9. The summed E-state index contributed by atoms with van der Waals surface area (Å²) < 4.78 is 35.3. The highest BCUT2D eigenvalue weighted by molar-refractivity contribution is 5.73. The molecule has 0 aliphatic carbocycles. The Balaban J connectivity index is 1.15. The number of rotatable bonds is 25. The normalized spacial score (nSPS) is 20.1. The number of hydrogen-bond donors (Lipinski definition) is 2. The molecule has 0 spiro atoms. The summed E-state index contributed by atoms with van der Waals surface area (Å²) in [5, 5.41) is 14.2. The quantitative estimate of drug-likeness (QED) is 0.0493. The van der Waals surface area contributed by atoms with E-state index in [1.165, 1.54) is 39.5 Å². The second-order valence-electron chi connectivity index (χ2n) is 15.5. The number of aliphatic hydroxyl groups is 1. The number of nitrogens with one attached hydrogen (secondary N) is 1. The van der Waals surface area contributed by atoms with Crippen molar-refractivity contribution in [2.75, 3.05) is 34.0 Å². The lowest BCUT2D eigenvalue weighted by Crippen LogP contribution is -2.58. The SMILES string of the molecule is COc1ccc(C(OCC(O)CCCCCCCCCCCCOC2OC(COC(C)=O)C(C)C(C)C2NC(C)=O)(c2ccccc2)c2ccc(OC)cc2)cc1. The molecule has 1 aliphatic heterocycles. The molecule has 4 rings (SSSR count). The Morgan fingerprint density at radius 1 is 0.719 bits per heavy atom. The van der Waals surface area contributed by atoms with Gasteiger partial charge in [-0.15, -0.1) is 0 Å². The Morgan fingerprint density at radius 2 is 1.23 bits per heavy atom. The number of ether oxygens (including phenoxy) is 6. The minimum atomic E-state index is -0.942. The van der Waals surface area contributed by atoms with Gasteiger partial charge in [-0.1, -0.05) is 126 Å². The molecule has 1 heterocycles. The molecule has 0 bridgehead atoms. The highest BCUT2D eigenvalue weighted by Crippen LogP contribution is 2.42. The predicted octanol–water partition coefficient (Wildman–Crippen LogP) is 8.75.